The molecule has 3 aromatic carbocycles. The van der Waals surface area contributed by atoms with E-state index in [9.17, 15) is 46.8 Å². The molecule has 3 aromatic rings. The topological polar surface area (TPSA) is 252 Å². The fourth-order valence-electron chi connectivity index (χ4n) is 7.25. The average Bonchev–Trinajstić information content (AvgIpc) is 3.31. The lowest BCUT2D eigenvalue weighted by Gasteiger charge is -2.28. The lowest BCUT2D eigenvalue weighted by molar-refractivity contribution is -0.133. The summed E-state index contributed by atoms with van der Waals surface area (Å²) in [6.07, 6.45) is -0.136. The largest absolute Gasteiger partial charge is 0.376 e. The molecule has 0 fully saturated rings. The second kappa shape index (κ2) is 27.9. The summed E-state index contributed by atoms with van der Waals surface area (Å²) < 4.78 is 32.9. The van der Waals surface area contributed by atoms with Crippen molar-refractivity contribution in [2.75, 3.05) is 31.2 Å². The van der Waals surface area contributed by atoms with Gasteiger partial charge < -0.3 is 36.6 Å². The molecule has 3 rings (SSSR count). The number of nitrogens with one attached hydrogen (secondary N) is 6. The second-order valence-corrected chi connectivity index (χ2v) is 23.8. The number of ketones is 2. The summed E-state index contributed by atoms with van der Waals surface area (Å²) in [7, 11) is -3.87. The summed E-state index contributed by atoms with van der Waals surface area (Å²) in [5.41, 5.74) is 1.14. The van der Waals surface area contributed by atoms with E-state index in [1.54, 1.807) is 46.8 Å². The highest BCUT2D eigenvalue weighted by atomic mass is 32.2. The molecule has 400 valence electrons. The van der Waals surface area contributed by atoms with E-state index in [-0.39, 0.29) is 57.8 Å². The van der Waals surface area contributed by atoms with Crippen molar-refractivity contribution in [3.05, 3.63) is 95.1 Å². The van der Waals surface area contributed by atoms with Crippen LogP contribution in [0.25, 0.3) is 0 Å². The normalized spacial score (nSPS) is 13.5. The molecule has 0 heterocycles. The second-order valence-electron chi connectivity index (χ2n) is 20.6. The Morgan fingerprint density at radius 2 is 1.22 bits per heavy atom. The van der Waals surface area contributed by atoms with Crippen molar-refractivity contribution in [1.82, 2.24) is 31.9 Å². The van der Waals surface area contributed by atoms with Crippen LogP contribution in [0.2, 0.25) is 0 Å². The van der Waals surface area contributed by atoms with Gasteiger partial charge in [-0.15, -0.1) is 11.8 Å². The first-order chi connectivity index (χ1) is 34.0. The molecular formula is C54H76N6O11S2. The van der Waals surface area contributed by atoms with Gasteiger partial charge in [0.15, 0.2) is 21.4 Å². The Bertz CT molecular complexity index is 2500. The summed E-state index contributed by atoms with van der Waals surface area (Å²) in [5, 5.41) is 15.7. The molecule has 0 aliphatic rings. The van der Waals surface area contributed by atoms with Gasteiger partial charge in [0.05, 0.1) is 35.4 Å². The van der Waals surface area contributed by atoms with Crippen molar-refractivity contribution in [2.24, 2.45) is 17.8 Å². The van der Waals surface area contributed by atoms with Crippen LogP contribution in [0.5, 0.6) is 0 Å². The quantitative estimate of drug-likeness (QED) is 0.0393. The maximum absolute atomic E-state index is 14.0. The van der Waals surface area contributed by atoms with Gasteiger partial charge in [-0.1, -0.05) is 75.2 Å². The summed E-state index contributed by atoms with van der Waals surface area (Å²) in [4.78, 5) is 107. The number of rotatable bonds is 28. The molecule has 0 saturated heterocycles. The third kappa shape index (κ3) is 21.6. The van der Waals surface area contributed by atoms with Crippen molar-refractivity contribution in [3.63, 3.8) is 0 Å². The van der Waals surface area contributed by atoms with Crippen molar-refractivity contribution >= 4 is 68.6 Å². The van der Waals surface area contributed by atoms with Crippen LogP contribution in [0, 0.1) is 31.6 Å². The smallest absolute Gasteiger partial charge is 0.251 e. The van der Waals surface area contributed by atoms with Gasteiger partial charge >= 0.3 is 0 Å². The van der Waals surface area contributed by atoms with E-state index < -0.39 is 99.5 Å². The number of aryl methyl sites for hydroxylation is 2. The minimum absolute atomic E-state index is 0.0822. The highest BCUT2D eigenvalue weighted by molar-refractivity contribution is 7.99. The molecule has 17 nitrogen and oxygen atoms in total. The van der Waals surface area contributed by atoms with Gasteiger partial charge in [0.25, 0.3) is 5.91 Å². The Labute approximate surface area is 435 Å². The molecule has 0 saturated carbocycles. The Hall–Kier alpha value is -5.92. The summed E-state index contributed by atoms with van der Waals surface area (Å²) in [6, 6.07) is 16.5. The maximum Gasteiger partial charge on any atom is 0.251 e. The van der Waals surface area contributed by atoms with Crippen LogP contribution in [-0.4, -0.2) is 116 Å². The van der Waals surface area contributed by atoms with E-state index in [4.69, 9.17) is 4.74 Å². The van der Waals surface area contributed by atoms with Crippen molar-refractivity contribution < 1.29 is 51.5 Å². The van der Waals surface area contributed by atoms with Crippen LogP contribution < -0.4 is 31.9 Å². The van der Waals surface area contributed by atoms with Crippen LogP contribution in [0.1, 0.15) is 120 Å². The van der Waals surface area contributed by atoms with Gasteiger partial charge in [-0.2, -0.15) is 0 Å². The zero-order valence-corrected chi connectivity index (χ0v) is 46.0. The molecule has 4 atom stereocenters. The predicted octanol–water partition coefficient (Wildman–Crippen LogP) is 5.45. The highest BCUT2D eigenvalue weighted by Crippen LogP contribution is 2.27. The number of amides is 6. The molecule has 4 unspecified atom stereocenters. The van der Waals surface area contributed by atoms with E-state index in [2.05, 4.69) is 31.9 Å². The van der Waals surface area contributed by atoms with Crippen LogP contribution in [-0.2, 0) is 43.3 Å². The predicted molar refractivity (Wildman–Crippen MR) is 283 cm³/mol. The maximum atomic E-state index is 14.0. The molecule has 0 aliphatic carbocycles. The molecule has 0 aliphatic heterocycles. The van der Waals surface area contributed by atoms with Crippen molar-refractivity contribution in [1.29, 1.82) is 0 Å². The average molecular weight is 1050 g/mol. The zero-order valence-electron chi connectivity index (χ0n) is 44.4. The number of ether oxygens (including phenoxy) is 1. The molecule has 6 N–H and O–H groups in total. The first-order valence-electron chi connectivity index (χ1n) is 24.5. The lowest BCUT2D eigenvalue weighted by atomic mass is 9.99. The SMILES string of the molecule is Cc1ccc(SCC(CS(=O)(=O)c2ccc(C)cc2)C(=O)c2ccc(C(=O)NCC(=O)NC(CCC(=O)NC(C(=O)NC(C)C(=O)C(C)C)C(C)C)C(=O)NCC(=O)NC(C)(C)CCOC(C)(C)C)cc2)cc1. The van der Waals surface area contributed by atoms with Gasteiger partial charge in [-0.3, -0.25) is 38.4 Å². The zero-order chi connectivity index (χ0) is 54.8. The molecular weight excluding hydrogens is 973 g/mol. The fourth-order valence-corrected chi connectivity index (χ4v) is 9.94. The molecule has 0 spiro atoms. The number of carbonyl (C=O) groups is 8. The Balaban J connectivity index is 1.73. The molecule has 6 amide bonds. The molecule has 19 heteroatoms. The Morgan fingerprint density at radius 1 is 0.658 bits per heavy atom. The van der Waals surface area contributed by atoms with E-state index in [0.29, 0.717) is 13.0 Å². The van der Waals surface area contributed by atoms with Crippen LogP contribution in [0.3, 0.4) is 0 Å². The van der Waals surface area contributed by atoms with Crippen LogP contribution in [0.15, 0.2) is 82.6 Å². The number of hydrogen-bond donors (Lipinski definition) is 6. The summed E-state index contributed by atoms with van der Waals surface area (Å²) in [5.74, 6) is -6.54. The number of thioether (sulfide) groups is 1. The van der Waals surface area contributed by atoms with Gasteiger partial charge in [0.2, 0.25) is 29.5 Å². The number of sulfone groups is 1. The van der Waals surface area contributed by atoms with Gasteiger partial charge in [0.1, 0.15) is 12.1 Å². The molecule has 0 bridgehead atoms. The molecule has 73 heavy (non-hydrogen) atoms. The number of hydrogen-bond acceptors (Lipinski definition) is 12. The van der Waals surface area contributed by atoms with Gasteiger partial charge in [-0.05, 0) is 111 Å². The first-order valence-corrected chi connectivity index (χ1v) is 27.2. The molecule has 0 aromatic heterocycles. The summed E-state index contributed by atoms with van der Waals surface area (Å²) >= 11 is 1.36. The van der Waals surface area contributed by atoms with Crippen molar-refractivity contribution in [2.45, 2.75) is 141 Å². The third-order valence-electron chi connectivity index (χ3n) is 11.6. The van der Waals surface area contributed by atoms with Crippen molar-refractivity contribution in [3.8, 4) is 0 Å². The number of benzene rings is 3. The van der Waals surface area contributed by atoms with E-state index in [1.165, 1.54) is 48.2 Å². The van der Waals surface area contributed by atoms with Gasteiger partial charge in [-0.25, -0.2) is 8.42 Å². The van der Waals surface area contributed by atoms with Gasteiger partial charge in [0, 0.05) is 52.2 Å². The summed E-state index contributed by atoms with van der Waals surface area (Å²) in [6.45, 7) is 20.9. The Kier molecular flexibility index (Phi) is 23.5. The lowest BCUT2D eigenvalue weighted by Crippen LogP contribution is -2.54. The van der Waals surface area contributed by atoms with E-state index in [0.717, 1.165) is 16.0 Å². The standard InChI is InChI=1S/C54H76N6O11S2/c1-33(2)47(52(68)57-37(7)48(64)34(3)4)59-44(61)26-25-43(51(67)56-30-46(63)60-54(11,12)27-28-71-53(8,9)10)58-45(62)29-55-50(66)39-19-17-38(18-20-39)49(65)40(31-72-41-21-13-35(5)14-22-41)32-73(69,70)42-23-15-36(6)16-24-42/h13-24,33-34,37,40,43,47H,25-32H2,1-12H3,(H,55,66)(H,56,67)(H,57,68)(H,58,62)(H,59,61)(H,60,63). The Morgan fingerprint density at radius 3 is 1.78 bits per heavy atom. The van der Waals surface area contributed by atoms with Crippen LogP contribution in [0.4, 0.5) is 0 Å². The first kappa shape index (κ1) is 61.4. The monoisotopic (exact) mass is 1050 g/mol. The third-order valence-corrected chi connectivity index (χ3v) is 14.6. The van der Waals surface area contributed by atoms with Crippen LogP contribution >= 0.6 is 11.8 Å². The number of Topliss-reactive ketones (excluding diaryl/α,β-unsaturated/α-hetero) is 2. The number of carbonyl (C=O) groups excluding carboxylic acids is 8. The highest BCUT2D eigenvalue weighted by Gasteiger charge is 2.31. The van der Waals surface area contributed by atoms with E-state index in [1.807, 2.05) is 72.7 Å². The fraction of sp³-hybridized carbons (Fsp3) is 0.519. The molecule has 0 radical (unpaired) electrons. The minimum atomic E-state index is -3.87. The minimum Gasteiger partial charge on any atom is -0.376 e. The van der Waals surface area contributed by atoms with E-state index >= 15 is 0 Å².